The number of unbranched alkanes of at least 4 members (excludes halogenated alkanes) is 1. The van der Waals surface area contributed by atoms with Gasteiger partial charge in [0.25, 0.3) is 0 Å². The fourth-order valence-corrected chi connectivity index (χ4v) is 0.734. The van der Waals surface area contributed by atoms with E-state index in [4.69, 9.17) is 18.0 Å². The Morgan fingerprint density at radius 1 is 1.50 bits per heavy atom. The molecule has 0 radical (unpaired) electrons. The second-order valence-electron chi connectivity index (χ2n) is 2.67. The molecule has 0 amide bonds. The van der Waals surface area contributed by atoms with E-state index in [2.05, 4.69) is 17.8 Å². The van der Waals surface area contributed by atoms with Gasteiger partial charge in [-0.25, -0.2) is 0 Å². The van der Waals surface area contributed by atoms with Gasteiger partial charge >= 0.3 is 0 Å². The molecule has 0 N–H and O–H groups in total. The molecule has 12 heavy (non-hydrogen) atoms. The predicted molar refractivity (Wildman–Crippen MR) is 55.0 cm³/mol. The lowest BCUT2D eigenvalue weighted by Crippen LogP contribution is -1.68. The van der Waals surface area contributed by atoms with Crippen molar-refractivity contribution in [3.05, 3.63) is 0 Å². The Morgan fingerprint density at radius 2 is 2.17 bits per heavy atom. The molecule has 1 fully saturated rings. The van der Waals surface area contributed by atoms with Gasteiger partial charge < -0.3 is 0 Å². The molecule has 1 aliphatic rings. The number of hydrogen-bond donors (Lipinski definition) is 0. The number of halogens is 1. The molecular weight excluding hydrogens is 168 g/mol. The van der Waals surface area contributed by atoms with Crippen LogP contribution in [0.4, 0.5) is 0 Å². The van der Waals surface area contributed by atoms with Gasteiger partial charge in [0, 0.05) is 18.2 Å². The van der Waals surface area contributed by atoms with Gasteiger partial charge in [-0.1, -0.05) is 0 Å². The topological polar surface area (TPSA) is 0 Å². The summed E-state index contributed by atoms with van der Waals surface area (Å²) >= 11 is 5.28. The van der Waals surface area contributed by atoms with Gasteiger partial charge in [0.05, 0.1) is 0 Å². The zero-order chi connectivity index (χ0) is 9.23. The van der Waals surface area contributed by atoms with Crippen molar-refractivity contribution in [3.8, 4) is 24.2 Å². The molecule has 0 aromatic rings. The number of rotatable bonds is 2. The third kappa shape index (κ3) is 9.41. The van der Waals surface area contributed by atoms with Crippen molar-refractivity contribution in [1.29, 1.82) is 0 Å². The van der Waals surface area contributed by atoms with E-state index in [1.807, 2.05) is 6.92 Å². The van der Waals surface area contributed by atoms with Crippen molar-refractivity contribution >= 4 is 11.6 Å². The summed E-state index contributed by atoms with van der Waals surface area (Å²) in [6, 6.07) is 0. The van der Waals surface area contributed by atoms with Crippen LogP contribution in [0.15, 0.2) is 0 Å². The Labute approximate surface area is 80.7 Å². The van der Waals surface area contributed by atoms with Crippen LogP contribution in [-0.2, 0) is 0 Å². The molecule has 0 saturated heterocycles. The molecule has 1 rings (SSSR count). The maximum atomic E-state index is 5.28. The summed E-state index contributed by atoms with van der Waals surface area (Å²) in [5.74, 6) is 9.90. The monoisotopic (exact) mass is 182 g/mol. The molecule has 1 aliphatic carbocycles. The molecule has 0 aliphatic heterocycles. The zero-order valence-electron chi connectivity index (χ0n) is 7.57. The SMILES string of the molecule is C#CCCCCl.CC#CC1CC1. The van der Waals surface area contributed by atoms with Crippen molar-refractivity contribution in [2.75, 3.05) is 5.88 Å². The van der Waals surface area contributed by atoms with E-state index >= 15 is 0 Å². The van der Waals surface area contributed by atoms with Gasteiger partial charge in [-0.3, -0.25) is 0 Å². The van der Waals surface area contributed by atoms with Crippen LogP contribution in [-0.4, -0.2) is 5.88 Å². The summed E-state index contributed by atoms with van der Waals surface area (Å²) in [4.78, 5) is 0. The lowest BCUT2D eigenvalue weighted by Gasteiger charge is -1.77. The summed E-state index contributed by atoms with van der Waals surface area (Å²) in [6.45, 7) is 1.90. The highest BCUT2D eigenvalue weighted by molar-refractivity contribution is 6.17. The van der Waals surface area contributed by atoms with Crippen LogP contribution in [0.5, 0.6) is 0 Å². The second kappa shape index (κ2) is 8.51. The van der Waals surface area contributed by atoms with Crippen molar-refractivity contribution in [2.45, 2.75) is 32.6 Å². The predicted octanol–water partition coefficient (Wildman–Crippen LogP) is 3.06. The first kappa shape index (κ1) is 11.4. The van der Waals surface area contributed by atoms with Crippen molar-refractivity contribution in [2.24, 2.45) is 5.92 Å². The first-order valence-electron chi connectivity index (χ1n) is 4.26. The van der Waals surface area contributed by atoms with Crippen LogP contribution in [0.3, 0.4) is 0 Å². The quantitative estimate of drug-likeness (QED) is 0.350. The average molecular weight is 183 g/mol. The van der Waals surface area contributed by atoms with E-state index in [0.29, 0.717) is 5.88 Å². The first-order valence-corrected chi connectivity index (χ1v) is 4.80. The molecule has 0 bridgehead atoms. The molecule has 0 unspecified atom stereocenters. The third-order valence-corrected chi connectivity index (χ3v) is 1.65. The summed E-state index contributed by atoms with van der Waals surface area (Å²) in [6.07, 6.45) is 9.35. The average Bonchev–Trinajstić information content (AvgIpc) is 2.86. The van der Waals surface area contributed by atoms with E-state index < -0.39 is 0 Å². The van der Waals surface area contributed by atoms with Crippen molar-refractivity contribution < 1.29 is 0 Å². The fourth-order valence-electron chi connectivity index (χ4n) is 0.601. The summed E-state index contributed by atoms with van der Waals surface area (Å²) < 4.78 is 0. The van der Waals surface area contributed by atoms with Gasteiger partial charge in [-0.15, -0.1) is 35.8 Å². The van der Waals surface area contributed by atoms with Crippen LogP contribution in [0.25, 0.3) is 0 Å². The van der Waals surface area contributed by atoms with Crippen molar-refractivity contribution in [3.63, 3.8) is 0 Å². The molecular formula is C11H15Cl. The minimum Gasteiger partial charge on any atom is -0.127 e. The molecule has 0 nitrogen and oxygen atoms in total. The standard InChI is InChI=1S/C6H8.C5H7Cl/c1-2-3-6-4-5-6;1-2-3-4-5-6/h6H,4-5H2,1H3;1H,3-5H2. The summed E-state index contributed by atoms with van der Waals surface area (Å²) in [5.41, 5.74) is 0. The molecule has 0 aromatic carbocycles. The second-order valence-corrected chi connectivity index (χ2v) is 3.04. The number of hydrogen-bond acceptors (Lipinski definition) is 0. The molecule has 0 spiro atoms. The highest BCUT2D eigenvalue weighted by Gasteiger charge is 2.17. The largest absolute Gasteiger partial charge is 0.127 e. The normalized spacial score (nSPS) is 13.1. The third-order valence-electron chi connectivity index (χ3n) is 1.38. The number of alkyl halides is 1. The lowest BCUT2D eigenvalue weighted by atomic mass is 10.4. The van der Waals surface area contributed by atoms with Crippen LogP contribution in [0, 0.1) is 30.1 Å². The first-order chi connectivity index (χ1) is 5.85. The minimum absolute atomic E-state index is 0.685. The van der Waals surface area contributed by atoms with E-state index in [1.165, 1.54) is 12.8 Å². The van der Waals surface area contributed by atoms with E-state index in [-0.39, 0.29) is 0 Å². The van der Waals surface area contributed by atoms with Crippen LogP contribution in [0.1, 0.15) is 32.6 Å². The van der Waals surface area contributed by atoms with Crippen LogP contribution < -0.4 is 0 Å². The molecule has 1 heteroatoms. The molecule has 66 valence electrons. The maximum Gasteiger partial charge on any atom is 0.0232 e. The van der Waals surface area contributed by atoms with Crippen LogP contribution >= 0.6 is 11.6 Å². The Balaban J connectivity index is 0.000000202. The van der Waals surface area contributed by atoms with Gasteiger partial charge in [-0.05, 0) is 26.2 Å². The Hall–Kier alpha value is -0.590. The molecule has 1 saturated carbocycles. The van der Waals surface area contributed by atoms with Crippen molar-refractivity contribution in [1.82, 2.24) is 0 Å². The fraction of sp³-hybridized carbons (Fsp3) is 0.636. The van der Waals surface area contributed by atoms with Gasteiger partial charge in [0.2, 0.25) is 0 Å². The molecule has 0 heterocycles. The highest BCUT2D eigenvalue weighted by atomic mass is 35.5. The smallest absolute Gasteiger partial charge is 0.0232 e. The van der Waals surface area contributed by atoms with Gasteiger partial charge in [-0.2, -0.15) is 0 Å². The maximum absolute atomic E-state index is 5.28. The van der Waals surface area contributed by atoms with Gasteiger partial charge in [0.1, 0.15) is 0 Å². The van der Waals surface area contributed by atoms with Crippen LogP contribution in [0.2, 0.25) is 0 Å². The zero-order valence-corrected chi connectivity index (χ0v) is 8.32. The van der Waals surface area contributed by atoms with E-state index in [0.717, 1.165) is 18.8 Å². The Morgan fingerprint density at radius 3 is 2.33 bits per heavy atom. The highest BCUT2D eigenvalue weighted by Crippen LogP contribution is 2.27. The Bertz CT molecular complexity index is 185. The van der Waals surface area contributed by atoms with Gasteiger partial charge in [0.15, 0.2) is 0 Å². The summed E-state index contributed by atoms with van der Waals surface area (Å²) in [7, 11) is 0. The minimum atomic E-state index is 0.685. The summed E-state index contributed by atoms with van der Waals surface area (Å²) in [5, 5.41) is 0. The Kier molecular flexibility index (Phi) is 8.09. The number of terminal acetylenes is 1. The molecule has 0 atom stereocenters. The van der Waals surface area contributed by atoms with E-state index in [1.54, 1.807) is 0 Å². The van der Waals surface area contributed by atoms with E-state index in [9.17, 15) is 0 Å². The molecule has 0 aromatic heterocycles. The lowest BCUT2D eigenvalue weighted by molar-refractivity contribution is 0.992.